The van der Waals surface area contributed by atoms with Crippen LogP contribution >= 0.6 is 11.3 Å². The van der Waals surface area contributed by atoms with Crippen molar-refractivity contribution in [1.29, 1.82) is 0 Å². The van der Waals surface area contributed by atoms with Gasteiger partial charge < -0.3 is 24.8 Å². The zero-order chi connectivity index (χ0) is 27.9. The van der Waals surface area contributed by atoms with Crippen molar-refractivity contribution in [3.05, 3.63) is 78.7 Å². The second-order valence-corrected chi connectivity index (χ2v) is 10.5. The van der Waals surface area contributed by atoms with Crippen molar-refractivity contribution >= 4 is 54.8 Å². The normalized spacial score (nSPS) is 13.6. The number of hydrogen-bond donors (Lipinski definition) is 2. The van der Waals surface area contributed by atoms with Gasteiger partial charge in [0.25, 0.3) is 0 Å². The van der Waals surface area contributed by atoms with E-state index in [1.807, 2.05) is 12.1 Å². The summed E-state index contributed by atoms with van der Waals surface area (Å²) >= 11 is 1.54. The van der Waals surface area contributed by atoms with E-state index in [4.69, 9.17) is 14.2 Å². The Hall–Kier alpha value is -4.70. The molecule has 1 fully saturated rings. The molecule has 3 aromatic carbocycles. The molecular weight excluding hydrogens is 533 g/mol. The zero-order valence-corrected chi connectivity index (χ0v) is 22.4. The maximum absolute atomic E-state index is 13.2. The van der Waals surface area contributed by atoms with Crippen LogP contribution in [0.15, 0.2) is 72.9 Å². The van der Waals surface area contributed by atoms with Crippen molar-refractivity contribution < 1.29 is 28.2 Å². The van der Waals surface area contributed by atoms with E-state index in [1.165, 1.54) is 24.3 Å². The van der Waals surface area contributed by atoms with Crippen LogP contribution in [0.3, 0.4) is 0 Å². The Morgan fingerprint density at radius 3 is 2.05 bits per heavy atom. The van der Waals surface area contributed by atoms with E-state index in [1.54, 1.807) is 62.1 Å². The quantitative estimate of drug-likeness (QED) is 0.205. The number of aromatic nitrogens is 1. The molecule has 0 bridgehead atoms. The third-order valence-electron chi connectivity index (χ3n) is 6.88. The Kier molecular flexibility index (Phi) is 6.47. The van der Waals surface area contributed by atoms with E-state index in [2.05, 4.69) is 15.6 Å². The highest BCUT2D eigenvalue weighted by molar-refractivity contribution is 7.26. The lowest BCUT2D eigenvalue weighted by atomic mass is 10.0. The average molecular weight is 558 g/mol. The Balaban J connectivity index is 1.17. The number of amides is 2. The number of thiophene rings is 1. The van der Waals surface area contributed by atoms with Crippen LogP contribution in [0.4, 0.5) is 15.8 Å². The van der Waals surface area contributed by atoms with Crippen LogP contribution in [0.5, 0.6) is 23.0 Å². The molecule has 5 aromatic rings. The largest absolute Gasteiger partial charge is 0.493 e. The first-order valence-electron chi connectivity index (χ1n) is 12.5. The molecule has 202 valence electrons. The molecule has 0 radical (unpaired) electrons. The van der Waals surface area contributed by atoms with Crippen LogP contribution in [0, 0.1) is 11.2 Å². The smallest absolute Gasteiger partial charge is 0.240 e. The van der Waals surface area contributed by atoms with Crippen molar-refractivity contribution in [2.75, 3.05) is 24.9 Å². The van der Waals surface area contributed by atoms with E-state index in [0.29, 0.717) is 47.2 Å². The first-order chi connectivity index (χ1) is 19.4. The highest BCUT2D eigenvalue weighted by atomic mass is 32.1. The minimum absolute atomic E-state index is 0.382. The van der Waals surface area contributed by atoms with Gasteiger partial charge in [0, 0.05) is 39.8 Å². The Morgan fingerprint density at radius 1 is 0.850 bits per heavy atom. The minimum Gasteiger partial charge on any atom is -0.493 e. The molecular formula is C30H24FN3O5S. The first kappa shape index (κ1) is 25.6. The molecule has 1 aliphatic carbocycles. The molecule has 2 N–H and O–H groups in total. The fourth-order valence-corrected chi connectivity index (χ4v) is 5.61. The summed E-state index contributed by atoms with van der Waals surface area (Å²) in [6.45, 7) is 0. The topological polar surface area (TPSA) is 98.8 Å². The van der Waals surface area contributed by atoms with Crippen molar-refractivity contribution in [1.82, 2.24) is 4.98 Å². The number of hydrogen-bond acceptors (Lipinski definition) is 7. The van der Waals surface area contributed by atoms with Gasteiger partial charge in [-0.2, -0.15) is 0 Å². The lowest BCUT2D eigenvalue weighted by molar-refractivity contribution is -0.131. The Bertz CT molecular complexity index is 1750. The number of nitrogens with zero attached hydrogens (tertiary/aromatic N) is 1. The maximum atomic E-state index is 13.2. The number of anilines is 2. The van der Waals surface area contributed by atoms with Gasteiger partial charge in [-0.1, -0.05) is 0 Å². The van der Waals surface area contributed by atoms with Crippen molar-refractivity contribution in [2.45, 2.75) is 12.8 Å². The van der Waals surface area contributed by atoms with Gasteiger partial charge in [0.15, 0.2) is 11.5 Å². The fraction of sp³-hybridized carbons (Fsp3) is 0.167. The third kappa shape index (κ3) is 4.66. The average Bonchev–Trinajstić information content (AvgIpc) is 3.71. The Morgan fingerprint density at radius 2 is 1.45 bits per heavy atom. The molecule has 0 spiro atoms. The summed E-state index contributed by atoms with van der Waals surface area (Å²) < 4.78 is 32.1. The summed E-state index contributed by atoms with van der Waals surface area (Å²) in [4.78, 5) is 30.4. The summed E-state index contributed by atoms with van der Waals surface area (Å²) in [6, 6.07) is 18.0. The van der Waals surface area contributed by atoms with Crippen LogP contribution in [-0.2, 0) is 9.59 Å². The number of carbonyl (C=O) groups excluding carboxylic acids is 2. The van der Waals surface area contributed by atoms with E-state index in [-0.39, 0.29) is 5.91 Å². The molecule has 0 atom stereocenters. The van der Waals surface area contributed by atoms with Crippen LogP contribution < -0.4 is 24.8 Å². The number of rotatable bonds is 8. The molecule has 0 saturated heterocycles. The maximum Gasteiger partial charge on any atom is 0.240 e. The second kappa shape index (κ2) is 10.1. The molecule has 1 aliphatic rings. The Labute approximate surface area is 232 Å². The number of carbonyl (C=O) groups is 2. The van der Waals surface area contributed by atoms with Crippen molar-refractivity contribution in [3.63, 3.8) is 0 Å². The van der Waals surface area contributed by atoms with E-state index in [9.17, 15) is 14.0 Å². The predicted molar refractivity (Wildman–Crippen MR) is 152 cm³/mol. The monoisotopic (exact) mass is 557 g/mol. The van der Waals surface area contributed by atoms with Gasteiger partial charge in [-0.05, 0) is 67.4 Å². The van der Waals surface area contributed by atoms with Gasteiger partial charge in [-0.25, -0.2) is 4.39 Å². The molecule has 1 saturated carbocycles. The summed E-state index contributed by atoms with van der Waals surface area (Å²) in [7, 11) is 3.20. The summed E-state index contributed by atoms with van der Waals surface area (Å²) in [5, 5.41) is 6.48. The molecule has 2 heterocycles. The molecule has 6 rings (SSSR count). The summed E-state index contributed by atoms with van der Waals surface area (Å²) in [6.07, 6.45) is 2.58. The van der Waals surface area contributed by atoms with E-state index in [0.717, 1.165) is 20.3 Å². The van der Waals surface area contributed by atoms with Crippen LogP contribution in [0.25, 0.3) is 20.3 Å². The zero-order valence-electron chi connectivity index (χ0n) is 21.6. The molecule has 0 unspecified atom stereocenters. The van der Waals surface area contributed by atoms with E-state index < -0.39 is 17.1 Å². The molecule has 40 heavy (non-hydrogen) atoms. The lowest BCUT2D eigenvalue weighted by Crippen LogP contribution is -2.35. The predicted octanol–water partition coefficient (Wildman–Crippen LogP) is 6.76. The van der Waals surface area contributed by atoms with Gasteiger partial charge in [-0.3, -0.25) is 14.6 Å². The van der Waals surface area contributed by atoms with Crippen LogP contribution in [0.2, 0.25) is 0 Å². The molecule has 2 aromatic heterocycles. The van der Waals surface area contributed by atoms with Crippen molar-refractivity contribution in [3.8, 4) is 23.0 Å². The summed E-state index contributed by atoms with van der Waals surface area (Å²) in [5.41, 5.74) is 0.642. The highest BCUT2D eigenvalue weighted by Crippen LogP contribution is 2.48. The lowest BCUT2D eigenvalue weighted by Gasteiger charge is -2.16. The molecule has 10 heteroatoms. The highest BCUT2D eigenvalue weighted by Gasteiger charge is 2.56. The molecule has 8 nitrogen and oxygen atoms in total. The number of ether oxygens (including phenoxy) is 3. The first-order valence-corrected chi connectivity index (χ1v) is 13.3. The van der Waals surface area contributed by atoms with Gasteiger partial charge >= 0.3 is 0 Å². The van der Waals surface area contributed by atoms with Crippen LogP contribution in [-0.4, -0.2) is 31.0 Å². The number of pyridine rings is 1. The SMILES string of the molecule is COc1cc2sc3c(Oc4ccc(NC(=O)C5(C(=O)Nc6ccc(F)cc6)CC5)cc4)ccnc3c2cc1OC. The third-order valence-corrected chi connectivity index (χ3v) is 8.04. The summed E-state index contributed by atoms with van der Waals surface area (Å²) in [5.74, 6) is 1.31. The van der Waals surface area contributed by atoms with Gasteiger partial charge in [0.1, 0.15) is 22.7 Å². The number of nitrogens with one attached hydrogen (secondary N) is 2. The second-order valence-electron chi connectivity index (χ2n) is 9.42. The minimum atomic E-state index is -1.14. The van der Waals surface area contributed by atoms with Crippen molar-refractivity contribution in [2.24, 2.45) is 5.41 Å². The standard InChI is InChI=1S/C30H24FN3O5S/c1-37-23-15-21-25(16-24(23)38-2)40-27-22(11-14-32-26(21)27)39-20-9-7-19(8-10-20)34-29(36)30(12-13-30)28(35)33-18-5-3-17(31)4-6-18/h3-11,14-16H,12-13H2,1-2H3,(H,33,35)(H,34,36). The number of fused-ring (bicyclic) bond motifs is 3. The van der Waals surface area contributed by atoms with Gasteiger partial charge in [0.05, 0.1) is 24.4 Å². The van der Waals surface area contributed by atoms with E-state index >= 15 is 0 Å². The fourth-order valence-electron chi connectivity index (χ4n) is 4.49. The van der Waals surface area contributed by atoms with Gasteiger partial charge in [-0.15, -0.1) is 11.3 Å². The number of halogens is 1. The molecule has 0 aliphatic heterocycles. The van der Waals surface area contributed by atoms with Gasteiger partial charge in [0.2, 0.25) is 11.8 Å². The molecule has 2 amide bonds. The number of benzene rings is 3. The number of methoxy groups -OCH3 is 2. The van der Waals surface area contributed by atoms with Crippen LogP contribution in [0.1, 0.15) is 12.8 Å².